The molecule has 1 N–H and O–H groups in total. The quantitative estimate of drug-likeness (QED) is 0.488. The van der Waals surface area contributed by atoms with E-state index in [1.165, 1.54) is 4.68 Å². The maximum atomic E-state index is 13.2. The number of aromatic nitrogens is 4. The minimum Gasteiger partial charge on any atom is -0.488 e. The van der Waals surface area contributed by atoms with Crippen molar-refractivity contribution in [2.24, 2.45) is 0 Å². The normalized spacial score (nSPS) is 15.4. The molecule has 0 saturated heterocycles. The Hall–Kier alpha value is -4.20. The zero-order valence-corrected chi connectivity index (χ0v) is 16.5. The zero-order valence-electron chi connectivity index (χ0n) is 16.5. The van der Waals surface area contributed by atoms with Crippen LogP contribution in [0, 0.1) is 0 Å². The third-order valence-electron chi connectivity index (χ3n) is 4.99. The number of nitrogens with zero attached hydrogens (tertiary/aromatic N) is 4. The van der Waals surface area contributed by atoms with Crippen LogP contribution in [0.5, 0.6) is 5.75 Å². The number of hydrogen-bond donors (Lipinski definition) is 1. The van der Waals surface area contributed by atoms with Gasteiger partial charge in [-0.05, 0) is 34.2 Å². The molecule has 31 heavy (non-hydrogen) atoms. The summed E-state index contributed by atoms with van der Waals surface area (Å²) in [6.45, 7) is 0.353. The lowest BCUT2D eigenvalue weighted by Gasteiger charge is -2.14. The van der Waals surface area contributed by atoms with Gasteiger partial charge in [0.2, 0.25) is 0 Å². The lowest BCUT2D eigenvalue weighted by Crippen LogP contribution is -2.36. The smallest absolute Gasteiger partial charge is 0.270 e. The summed E-state index contributed by atoms with van der Waals surface area (Å²) in [5, 5.41) is 14.9. The van der Waals surface area contributed by atoms with Gasteiger partial charge in [-0.1, -0.05) is 48.5 Å². The number of tetrazole rings is 1. The van der Waals surface area contributed by atoms with Crippen LogP contribution in [-0.4, -0.2) is 38.8 Å². The molecule has 5 rings (SSSR count). The SMILES string of the molecule is O=C(NCC1Cc2ccccc2O1)C(=Cc1ccco1)n1nnnc1-c1ccccc1. The fourth-order valence-corrected chi connectivity index (χ4v) is 3.51. The molecule has 2 aromatic carbocycles. The molecule has 1 atom stereocenters. The number of hydrogen-bond acceptors (Lipinski definition) is 6. The second-order valence-electron chi connectivity index (χ2n) is 7.09. The third kappa shape index (κ3) is 3.95. The topological polar surface area (TPSA) is 95.1 Å². The summed E-state index contributed by atoms with van der Waals surface area (Å²) in [6.07, 6.45) is 3.77. The zero-order chi connectivity index (χ0) is 21.0. The first-order chi connectivity index (χ1) is 15.3. The van der Waals surface area contributed by atoms with Crippen LogP contribution in [0.4, 0.5) is 0 Å². The molecule has 8 nitrogen and oxygen atoms in total. The van der Waals surface area contributed by atoms with Crippen molar-refractivity contribution in [3.63, 3.8) is 0 Å². The van der Waals surface area contributed by atoms with E-state index in [1.54, 1.807) is 24.5 Å². The molecule has 1 amide bonds. The van der Waals surface area contributed by atoms with E-state index in [2.05, 4.69) is 20.8 Å². The number of fused-ring (bicyclic) bond motifs is 1. The maximum Gasteiger partial charge on any atom is 0.270 e. The number of benzene rings is 2. The molecule has 0 saturated carbocycles. The van der Waals surface area contributed by atoms with Gasteiger partial charge < -0.3 is 14.5 Å². The van der Waals surface area contributed by atoms with E-state index in [9.17, 15) is 4.79 Å². The number of carbonyl (C=O) groups is 1. The Morgan fingerprint density at radius 2 is 1.94 bits per heavy atom. The van der Waals surface area contributed by atoms with Crippen LogP contribution in [-0.2, 0) is 11.2 Å². The van der Waals surface area contributed by atoms with E-state index in [-0.39, 0.29) is 17.7 Å². The summed E-state index contributed by atoms with van der Waals surface area (Å²) in [6, 6.07) is 20.9. The first-order valence-electron chi connectivity index (χ1n) is 9.90. The van der Waals surface area contributed by atoms with Crippen LogP contribution in [0.3, 0.4) is 0 Å². The highest BCUT2D eigenvalue weighted by Gasteiger charge is 2.25. The van der Waals surface area contributed by atoms with Crippen LogP contribution in [0.15, 0.2) is 77.4 Å². The van der Waals surface area contributed by atoms with Crippen LogP contribution >= 0.6 is 0 Å². The molecule has 1 unspecified atom stereocenters. The Balaban J connectivity index is 1.39. The summed E-state index contributed by atoms with van der Waals surface area (Å²) < 4.78 is 12.8. The molecule has 0 spiro atoms. The van der Waals surface area contributed by atoms with Gasteiger partial charge >= 0.3 is 0 Å². The highest BCUT2D eigenvalue weighted by molar-refractivity contribution is 6.18. The number of ether oxygens (including phenoxy) is 1. The molecule has 3 heterocycles. The molecule has 154 valence electrons. The summed E-state index contributed by atoms with van der Waals surface area (Å²) in [4.78, 5) is 13.2. The van der Waals surface area contributed by atoms with E-state index in [0.717, 1.165) is 23.3 Å². The standard InChI is InChI=1S/C23H19N5O3/c29-23(24-15-19-13-17-9-4-5-11-21(17)31-19)20(14-18-10-6-12-30-18)28-22(25-26-27-28)16-7-2-1-3-8-16/h1-12,14,19H,13,15H2,(H,24,29). The average molecular weight is 413 g/mol. The van der Waals surface area contributed by atoms with Crippen LogP contribution in [0.25, 0.3) is 23.2 Å². The Morgan fingerprint density at radius 3 is 2.74 bits per heavy atom. The van der Waals surface area contributed by atoms with Crippen LogP contribution in [0.2, 0.25) is 0 Å². The van der Waals surface area contributed by atoms with Gasteiger partial charge in [0.15, 0.2) is 5.82 Å². The molecule has 0 aliphatic carbocycles. The minimum absolute atomic E-state index is 0.131. The van der Waals surface area contributed by atoms with Crippen LogP contribution < -0.4 is 10.1 Å². The molecular formula is C23H19N5O3. The van der Waals surface area contributed by atoms with E-state index >= 15 is 0 Å². The Morgan fingerprint density at radius 1 is 1.10 bits per heavy atom. The van der Waals surface area contributed by atoms with E-state index in [4.69, 9.17) is 9.15 Å². The number of furan rings is 1. The molecule has 1 aliphatic rings. The Bertz CT molecular complexity index is 1190. The predicted molar refractivity (Wildman–Crippen MR) is 114 cm³/mol. The Labute approximate surface area is 178 Å². The van der Waals surface area contributed by atoms with Crippen molar-refractivity contribution >= 4 is 17.7 Å². The van der Waals surface area contributed by atoms with Gasteiger partial charge in [-0.25, -0.2) is 0 Å². The molecular weight excluding hydrogens is 394 g/mol. The maximum absolute atomic E-state index is 13.2. The predicted octanol–water partition coefficient (Wildman–Crippen LogP) is 3.05. The summed E-state index contributed by atoms with van der Waals surface area (Å²) in [7, 11) is 0. The van der Waals surface area contributed by atoms with Gasteiger partial charge in [0.25, 0.3) is 5.91 Å². The summed E-state index contributed by atoms with van der Waals surface area (Å²) in [5.41, 5.74) is 2.18. The van der Waals surface area contributed by atoms with Crippen molar-refractivity contribution in [3.05, 3.63) is 84.3 Å². The van der Waals surface area contributed by atoms with Crippen molar-refractivity contribution in [1.29, 1.82) is 0 Å². The lowest BCUT2D eigenvalue weighted by molar-refractivity contribution is -0.116. The van der Waals surface area contributed by atoms with Gasteiger partial charge in [0, 0.05) is 18.1 Å². The van der Waals surface area contributed by atoms with Gasteiger partial charge in [0.05, 0.1) is 12.8 Å². The number of rotatable bonds is 6. The van der Waals surface area contributed by atoms with Crippen molar-refractivity contribution in [2.75, 3.05) is 6.54 Å². The second-order valence-corrected chi connectivity index (χ2v) is 7.09. The summed E-state index contributed by atoms with van der Waals surface area (Å²) in [5.74, 6) is 1.50. The first kappa shape index (κ1) is 18.8. The molecule has 4 aromatic rings. The van der Waals surface area contributed by atoms with E-state index < -0.39 is 0 Å². The fourth-order valence-electron chi connectivity index (χ4n) is 3.51. The number of para-hydroxylation sites is 1. The van der Waals surface area contributed by atoms with Crippen molar-refractivity contribution < 1.29 is 13.9 Å². The van der Waals surface area contributed by atoms with Gasteiger partial charge in [0.1, 0.15) is 23.3 Å². The minimum atomic E-state index is -0.333. The van der Waals surface area contributed by atoms with Gasteiger partial charge in [-0.2, -0.15) is 4.68 Å². The van der Waals surface area contributed by atoms with Crippen molar-refractivity contribution in [1.82, 2.24) is 25.5 Å². The fraction of sp³-hybridized carbons (Fsp3) is 0.130. The average Bonchev–Trinajstić information content (AvgIpc) is 3.56. The number of amides is 1. The highest BCUT2D eigenvalue weighted by Crippen LogP contribution is 2.28. The van der Waals surface area contributed by atoms with E-state index in [1.807, 2.05) is 54.6 Å². The van der Waals surface area contributed by atoms with E-state index in [0.29, 0.717) is 18.1 Å². The molecule has 0 bridgehead atoms. The molecule has 0 fully saturated rings. The van der Waals surface area contributed by atoms with Gasteiger partial charge in [-0.15, -0.1) is 5.10 Å². The number of carbonyl (C=O) groups excluding carboxylic acids is 1. The molecule has 2 aromatic heterocycles. The van der Waals surface area contributed by atoms with Crippen LogP contribution in [0.1, 0.15) is 11.3 Å². The molecule has 0 radical (unpaired) electrons. The first-order valence-corrected chi connectivity index (χ1v) is 9.90. The summed E-state index contributed by atoms with van der Waals surface area (Å²) >= 11 is 0. The third-order valence-corrected chi connectivity index (χ3v) is 4.99. The molecule has 1 aliphatic heterocycles. The Kier molecular flexibility index (Phi) is 5.02. The molecule has 8 heteroatoms. The lowest BCUT2D eigenvalue weighted by atomic mass is 10.1. The largest absolute Gasteiger partial charge is 0.488 e. The highest BCUT2D eigenvalue weighted by atomic mass is 16.5. The van der Waals surface area contributed by atoms with Crippen molar-refractivity contribution in [2.45, 2.75) is 12.5 Å². The second kappa shape index (κ2) is 8.27. The number of nitrogens with one attached hydrogen (secondary N) is 1. The monoisotopic (exact) mass is 413 g/mol. The van der Waals surface area contributed by atoms with Gasteiger partial charge in [-0.3, -0.25) is 4.79 Å². The van der Waals surface area contributed by atoms with Crippen molar-refractivity contribution in [3.8, 4) is 17.1 Å².